The average molecular weight is 236 g/mol. The van der Waals surface area contributed by atoms with E-state index in [1.165, 1.54) is 6.42 Å². The maximum Gasteiger partial charge on any atom is 0.124 e. The number of hydrogen-bond acceptors (Lipinski definition) is 2. The second-order valence-corrected chi connectivity index (χ2v) is 4.81. The molecule has 2 heteroatoms. The van der Waals surface area contributed by atoms with Gasteiger partial charge in [-0.15, -0.1) is 0 Å². The largest absolute Gasteiger partial charge is 0.496 e. The molecular weight excluding hydrogens is 212 g/mol. The molecule has 2 atom stereocenters. The summed E-state index contributed by atoms with van der Waals surface area (Å²) in [6, 6.07) is 5.96. The summed E-state index contributed by atoms with van der Waals surface area (Å²) in [4.78, 5) is 0. The minimum Gasteiger partial charge on any atom is -0.496 e. The van der Waals surface area contributed by atoms with Gasteiger partial charge in [-0.3, -0.25) is 0 Å². The molecule has 1 aromatic carbocycles. The number of ether oxygens (including phenoxy) is 1. The normalized spacial score (nSPS) is 14.4. The third-order valence-electron chi connectivity index (χ3n) is 3.26. The van der Waals surface area contributed by atoms with Gasteiger partial charge in [-0.2, -0.15) is 0 Å². The van der Waals surface area contributed by atoms with Gasteiger partial charge in [0.05, 0.1) is 13.2 Å². The number of hydrogen-bond donors (Lipinski definition) is 1. The van der Waals surface area contributed by atoms with Gasteiger partial charge in [0.2, 0.25) is 0 Å². The zero-order chi connectivity index (χ0) is 12.8. The molecule has 0 amide bonds. The van der Waals surface area contributed by atoms with E-state index in [0.29, 0.717) is 0 Å². The molecule has 2 unspecified atom stereocenters. The second-order valence-electron chi connectivity index (χ2n) is 4.81. The predicted molar refractivity (Wildman–Crippen MR) is 71.4 cm³/mol. The van der Waals surface area contributed by atoms with E-state index in [4.69, 9.17) is 4.74 Å². The monoisotopic (exact) mass is 236 g/mol. The number of methoxy groups -OCH3 is 1. The molecule has 1 aromatic rings. The number of unbranched alkanes of at least 4 members (excludes halogenated alkanes) is 1. The van der Waals surface area contributed by atoms with Gasteiger partial charge in [-0.1, -0.05) is 38.3 Å². The molecular formula is C15H24O2. The first-order chi connectivity index (χ1) is 8.10. The number of rotatable bonds is 6. The van der Waals surface area contributed by atoms with Gasteiger partial charge in [0, 0.05) is 5.56 Å². The summed E-state index contributed by atoms with van der Waals surface area (Å²) in [5.41, 5.74) is 2.07. The van der Waals surface area contributed by atoms with Crippen LogP contribution in [0.15, 0.2) is 18.2 Å². The topological polar surface area (TPSA) is 29.5 Å². The van der Waals surface area contributed by atoms with Crippen molar-refractivity contribution in [2.75, 3.05) is 7.11 Å². The van der Waals surface area contributed by atoms with Gasteiger partial charge in [-0.25, -0.2) is 0 Å². The van der Waals surface area contributed by atoms with Gasteiger partial charge < -0.3 is 9.84 Å². The zero-order valence-electron chi connectivity index (χ0n) is 11.4. The Morgan fingerprint density at radius 1 is 1.35 bits per heavy atom. The highest BCUT2D eigenvalue weighted by atomic mass is 16.5. The lowest BCUT2D eigenvalue weighted by Gasteiger charge is -2.21. The Balaban J connectivity index is 2.86. The summed E-state index contributed by atoms with van der Waals surface area (Å²) in [7, 11) is 1.65. The first-order valence-electron chi connectivity index (χ1n) is 6.42. The van der Waals surface area contributed by atoms with E-state index >= 15 is 0 Å². The average Bonchev–Trinajstić information content (AvgIpc) is 2.34. The summed E-state index contributed by atoms with van der Waals surface area (Å²) in [6.45, 7) is 6.31. The third kappa shape index (κ3) is 3.74. The molecule has 0 aliphatic carbocycles. The Hall–Kier alpha value is -1.02. The van der Waals surface area contributed by atoms with Crippen LogP contribution in [0.25, 0.3) is 0 Å². The molecule has 1 N–H and O–H groups in total. The first kappa shape index (κ1) is 14.0. The van der Waals surface area contributed by atoms with E-state index in [1.54, 1.807) is 7.11 Å². The van der Waals surface area contributed by atoms with Crippen molar-refractivity contribution in [3.05, 3.63) is 29.3 Å². The maximum atomic E-state index is 10.4. The molecule has 2 nitrogen and oxygen atoms in total. The molecule has 0 aliphatic rings. The molecule has 0 fully saturated rings. The Morgan fingerprint density at radius 3 is 2.65 bits per heavy atom. The van der Waals surface area contributed by atoms with Crippen LogP contribution < -0.4 is 4.74 Å². The minimum atomic E-state index is -0.434. The van der Waals surface area contributed by atoms with Crippen molar-refractivity contribution in [2.45, 2.75) is 46.1 Å². The van der Waals surface area contributed by atoms with Crippen LogP contribution in [0, 0.1) is 12.8 Å². The number of benzene rings is 1. The predicted octanol–water partition coefficient (Wildman–Crippen LogP) is 3.86. The van der Waals surface area contributed by atoms with E-state index in [2.05, 4.69) is 13.8 Å². The lowest BCUT2D eigenvalue weighted by Crippen LogP contribution is -2.10. The first-order valence-corrected chi connectivity index (χ1v) is 6.42. The van der Waals surface area contributed by atoms with E-state index < -0.39 is 6.10 Å². The summed E-state index contributed by atoms with van der Waals surface area (Å²) in [5, 5.41) is 10.4. The van der Waals surface area contributed by atoms with E-state index in [-0.39, 0.29) is 5.92 Å². The fraction of sp³-hybridized carbons (Fsp3) is 0.600. The smallest absolute Gasteiger partial charge is 0.124 e. The van der Waals surface area contributed by atoms with Crippen molar-refractivity contribution in [2.24, 2.45) is 5.92 Å². The van der Waals surface area contributed by atoms with Crippen LogP contribution in [0.1, 0.15) is 50.3 Å². The summed E-state index contributed by atoms with van der Waals surface area (Å²) in [6.07, 6.45) is 2.94. The Kier molecular flexibility index (Phi) is 5.49. The zero-order valence-corrected chi connectivity index (χ0v) is 11.4. The SMILES string of the molecule is CCCCC(C)C(O)c1cc(C)ccc1OC. The molecule has 0 aliphatic heterocycles. The standard InChI is InChI=1S/C15H24O2/c1-5-6-7-12(3)15(16)13-10-11(2)8-9-14(13)17-4/h8-10,12,15-16H,5-7H2,1-4H3. The van der Waals surface area contributed by atoms with Gasteiger partial charge >= 0.3 is 0 Å². The third-order valence-corrected chi connectivity index (χ3v) is 3.26. The summed E-state index contributed by atoms with van der Waals surface area (Å²) in [5.74, 6) is 1.05. The van der Waals surface area contributed by atoms with Crippen molar-refractivity contribution in [1.29, 1.82) is 0 Å². The highest BCUT2D eigenvalue weighted by molar-refractivity contribution is 5.38. The van der Waals surface area contributed by atoms with Crippen LogP contribution in [0.4, 0.5) is 0 Å². The number of aliphatic hydroxyl groups is 1. The van der Waals surface area contributed by atoms with E-state index in [1.807, 2.05) is 25.1 Å². The van der Waals surface area contributed by atoms with Crippen LogP contribution in [-0.4, -0.2) is 12.2 Å². The van der Waals surface area contributed by atoms with Crippen molar-refractivity contribution in [3.8, 4) is 5.75 Å². The van der Waals surface area contributed by atoms with E-state index in [9.17, 15) is 5.11 Å². The van der Waals surface area contributed by atoms with Gasteiger partial charge in [0.25, 0.3) is 0 Å². The second kappa shape index (κ2) is 6.65. The molecule has 1 rings (SSSR count). The van der Waals surface area contributed by atoms with Crippen LogP contribution >= 0.6 is 0 Å². The molecule has 0 saturated heterocycles. The van der Waals surface area contributed by atoms with Gasteiger partial charge in [0.1, 0.15) is 5.75 Å². The molecule has 17 heavy (non-hydrogen) atoms. The molecule has 0 bridgehead atoms. The molecule has 0 spiro atoms. The fourth-order valence-corrected chi connectivity index (χ4v) is 2.08. The highest BCUT2D eigenvalue weighted by Crippen LogP contribution is 2.32. The Labute approximate surface area is 105 Å². The summed E-state index contributed by atoms with van der Waals surface area (Å²) < 4.78 is 5.32. The quantitative estimate of drug-likeness (QED) is 0.812. The highest BCUT2D eigenvalue weighted by Gasteiger charge is 2.19. The molecule has 0 heterocycles. The summed E-state index contributed by atoms with van der Waals surface area (Å²) >= 11 is 0. The molecule has 0 aromatic heterocycles. The fourth-order valence-electron chi connectivity index (χ4n) is 2.08. The lowest BCUT2D eigenvalue weighted by atomic mass is 9.91. The lowest BCUT2D eigenvalue weighted by molar-refractivity contribution is 0.108. The number of aryl methyl sites for hydroxylation is 1. The van der Waals surface area contributed by atoms with Crippen LogP contribution in [-0.2, 0) is 0 Å². The van der Waals surface area contributed by atoms with Gasteiger partial charge in [0.15, 0.2) is 0 Å². The van der Waals surface area contributed by atoms with Crippen molar-refractivity contribution in [1.82, 2.24) is 0 Å². The molecule has 96 valence electrons. The van der Waals surface area contributed by atoms with Gasteiger partial charge in [-0.05, 0) is 31.4 Å². The molecule has 0 saturated carbocycles. The van der Waals surface area contributed by atoms with Crippen molar-refractivity contribution < 1.29 is 9.84 Å². The maximum absolute atomic E-state index is 10.4. The van der Waals surface area contributed by atoms with Crippen LogP contribution in [0.2, 0.25) is 0 Å². The van der Waals surface area contributed by atoms with Crippen molar-refractivity contribution in [3.63, 3.8) is 0 Å². The Morgan fingerprint density at radius 2 is 2.06 bits per heavy atom. The van der Waals surface area contributed by atoms with Crippen LogP contribution in [0.3, 0.4) is 0 Å². The Bertz CT molecular complexity index is 347. The van der Waals surface area contributed by atoms with Crippen molar-refractivity contribution >= 4 is 0 Å². The number of aliphatic hydroxyl groups excluding tert-OH is 1. The minimum absolute atomic E-state index is 0.269. The molecule has 0 radical (unpaired) electrons. The van der Waals surface area contributed by atoms with Crippen LogP contribution in [0.5, 0.6) is 5.75 Å². The van der Waals surface area contributed by atoms with E-state index in [0.717, 1.165) is 29.7 Å².